The number of carbonyl (C=O) groups excluding carboxylic acids is 1. The number of carbonyl (C=O) groups is 1. The Kier molecular flexibility index (Phi) is 9.93. The van der Waals surface area contributed by atoms with Crippen LogP contribution in [-0.2, 0) is 9.53 Å². The topological polar surface area (TPSA) is 47.6 Å². The molecule has 0 saturated heterocycles. The van der Waals surface area contributed by atoms with Gasteiger partial charge in [0.25, 0.3) is 0 Å². The van der Waals surface area contributed by atoms with E-state index in [9.17, 15) is 4.79 Å². The van der Waals surface area contributed by atoms with E-state index in [1.807, 2.05) is 38.1 Å². The SMILES string of the molecule is CCCCNC(C)(C)COC(=O)/C=C/c1ccc(OCCCC)cc1. The first-order valence-corrected chi connectivity index (χ1v) is 9.29. The third-order valence-corrected chi connectivity index (χ3v) is 3.77. The van der Waals surface area contributed by atoms with E-state index in [0.29, 0.717) is 6.61 Å². The number of esters is 1. The standard InChI is InChI=1S/C21H33NO3/c1-5-7-15-22-21(3,4)17-25-20(23)14-11-18-9-12-19(13-10-18)24-16-8-6-2/h9-14,22H,5-8,15-17H2,1-4H3/b14-11+. The van der Waals surface area contributed by atoms with Crippen molar-refractivity contribution in [3.8, 4) is 5.75 Å². The maximum Gasteiger partial charge on any atom is 0.330 e. The van der Waals surface area contributed by atoms with Crippen molar-refractivity contribution in [3.05, 3.63) is 35.9 Å². The Hall–Kier alpha value is -1.81. The van der Waals surface area contributed by atoms with E-state index in [-0.39, 0.29) is 11.5 Å². The van der Waals surface area contributed by atoms with Crippen molar-refractivity contribution in [2.24, 2.45) is 0 Å². The van der Waals surface area contributed by atoms with Crippen LogP contribution in [0.2, 0.25) is 0 Å². The molecule has 0 amide bonds. The molecule has 0 aliphatic heterocycles. The summed E-state index contributed by atoms with van der Waals surface area (Å²) in [6, 6.07) is 7.70. The third kappa shape index (κ3) is 9.92. The highest BCUT2D eigenvalue weighted by Crippen LogP contribution is 2.14. The molecule has 0 heterocycles. The zero-order valence-electron chi connectivity index (χ0n) is 16.1. The lowest BCUT2D eigenvalue weighted by Crippen LogP contribution is -2.44. The van der Waals surface area contributed by atoms with E-state index in [1.54, 1.807) is 6.08 Å². The Balaban J connectivity index is 2.38. The quantitative estimate of drug-likeness (QED) is 0.341. The molecule has 1 aromatic carbocycles. The van der Waals surface area contributed by atoms with Crippen molar-refractivity contribution in [1.29, 1.82) is 0 Å². The van der Waals surface area contributed by atoms with Gasteiger partial charge in [-0.05, 0) is 57.0 Å². The normalized spacial score (nSPS) is 11.7. The molecular formula is C21H33NO3. The second-order valence-electron chi connectivity index (χ2n) is 6.88. The van der Waals surface area contributed by atoms with Gasteiger partial charge < -0.3 is 14.8 Å². The fourth-order valence-corrected chi connectivity index (χ4v) is 2.13. The minimum Gasteiger partial charge on any atom is -0.494 e. The Morgan fingerprint density at radius 2 is 1.80 bits per heavy atom. The number of hydrogen-bond donors (Lipinski definition) is 1. The summed E-state index contributed by atoms with van der Waals surface area (Å²) < 4.78 is 11.0. The number of nitrogens with one attached hydrogen (secondary N) is 1. The van der Waals surface area contributed by atoms with Gasteiger partial charge in [-0.15, -0.1) is 0 Å². The molecule has 25 heavy (non-hydrogen) atoms. The molecule has 0 fully saturated rings. The van der Waals surface area contributed by atoms with E-state index in [2.05, 4.69) is 19.2 Å². The Bertz CT molecular complexity index is 520. The predicted molar refractivity (Wildman–Crippen MR) is 104 cm³/mol. The second kappa shape index (κ2) is 11.7. The molecule has 0 aromatic heterocycles. The zero-order chi connectivity index (χ0) is 18.5. The monoisotopic (exact) mass is 347 g/mol. The molecule has 1 aromatic rings. The number of rotatable bonds is 12. The van der Waals surface area contributed by atoms with Crippen molar-refractivity contribution < 1.29 is 14.3 Å². The van der Waals surface area contributed by atoms with E-state index in [4.69, 9.17) is 9.47 Å². The lowest BCUT2D eigenvalue weighted by Gasteiger charge is -2.25. The van der Waals surface area contributed by atoms with Gasteiger partial charge in [-0.1, -0.05) is 38.8 Å². The molecule has 0 aliphatic carbocycles. The van der Waals surface area contributed by atoms with Crippen LogP contribution in [0.1, 0.15) is 58.9 Å². The van der Waals surface area contributed by atoms with Crippen LogP contribution in [0.15, 0.2) is 30.3 Å². The molecule has 0 aliphatic rings. The second-order valence-corrected chi connectivity index (χ2v) is 6.88. The molecular weight excluding hydrogens is 314 g/mol. The molecule has 4 nitrogen and oxygen atoms in total. The molecule has 0 unspecified atom stereocenters. The average Bonchev–Trinajstić information content (AvgIpc) is 2.60. The summed E-state index contributed by atoms with van der Waals surface area (Å²) in [6.07, 6.45) is 7.67. The maximum absolute atomic E-state index is 11.9. The Morgan fingerprint density at radius 3 is 2.44 bits per heavy atom. The first-order chi connectivity index (χ1) is 12.0. The van der Waals surface area contributed by atoms with Gasteiger partial charge in [0.2, 0.25) is 0 Å². The van der Waals surface area contributed by atoms with Crippen molar-refractivity contribution in [1.82, 2.24) is 5.32 Å². The molecule has 0 atom stereocenters. The lowest BCUT2D eigenvalue weighted by molar-refractivity contribution is -0.139. The molecule has 0 saturated carbocycles. The van der Waals surface area contributed by atoms with Crippen LogP contribution in [0, 0.1) is 0 Å². The summed E-state index contributed by atoms with van der Waals surface area (Å²) in [5.74, 6) is 0.529. The van der Waals surface area contributed by atoms with E-state index >= 15 is 0 Å². The summed E-state index contributed by atoms with van der Waals surface area (Å²) in [5.41, 5.74) is 0.732. The Morgan fingerprint density at radius 1 is 1.12 bits per heavy atom. The lowest BCUT2D eigenvalue weighted by atomic mass is 10.1. The van der Waals surface area contributed by atoms with E-state index in [1.165, 1.54) is 6.08 Å². The van der Waals surface area contributed by atoms with E-state index in [0.717, 1.165) is 50.1 Å². The van der Waals surface area contributed by atoms with Crippen LogP contribution in [0.4, 0.5) is 0 Å². The highest BCUT2D eigenvalue weighted by molar-refractivity contribution is 5.87. The van der Waals surface area contributed by atoms with Crippen molar-refractivity contribution in [2.45, 2.75) is 58.9 Å². The maximum atomic E-state index is 11.9. The van der Waals surface area contributed by atoms with Gasteiger partial charge in [0, 0.05) is 11.6 Å². The summed E-state index contributed by atoms with van der Waals surface area (Å²) >= 11 is 0. The number of hydrogen-bond acceptors (Lipinski definition) is 4. The molecule has 0 bridgehead atoms. The van der Waals surface area contributed by atoms with Crippen LogP contribution in [0.5, 0.6) is 5.75 Å². The van der Waals surface area contributed by atoms with Crippen molar-refractivity contribution in [3.63, 3.8) is 0 Å². The molecule has 140 valence electrons. The number of unbranched alkanes of at least 4 members (excludes halogenated alkanes) is 2. The van der Waals surface area contributed by atoms with Gasteiger partial charge >= 0.3 is 5.97 Å². The zero-order valence-corrected chi connectivity index (χ0v) is 16.1. The van der Waals surface area contributed by atoms with Crippen LogP contribution < -0.4 is 10.1 Å². The summed E-state index contributed by atoms with van der Waals surface area (Å²) in [7, 11) is 0. The van der Waals surface area contributed by atoms with E-state index < -0.39 is 0 Å². The minimum atomic E-state index is -0.325. The molecule has 0 spiro atoms. The minimum absolute atomic E-state index is 0.212. The van der Waals surface area contributed by atoms with Gasteiger partial charge in [-0.3, -0.25) is 0 Å². The fraction of sp³-hybridized carbons (Fsp3) is 0.571. The third-order valence-electron chi connectivity index (χ3n) is 3.77. The first kappa shape index (κ1) is 21.2. The van der Waals surface area contributed by atoms with Gasteiger partial charge in [0.1, 0.15) is 12.4 Å². The summed E-state index contributed by atoms with van der Waals surface area (Å²) in [4.78, 5) is 11.9. The Labute approximate surface area is 152 Å². The van der Waals surface area contributed by atoms with Gasteiger partial charge in [0.15, 0.2) is 0 Å². The molecule has 1 N–H and O–H groups in total. The van der Waals surface area contributed by atoms with Gasteiger partial charge in [-0.2, -0.15) is 0 Å². The smallest absolute Gasteiger partial charge is 0.330 e. The highest BCUT2D eigenvalue weighted by atomic mass is 16.5. The fourth-order valence-electron chi connectivity index (χ4n) is 2.13. The first-order valence-electron chi connectivity index (χ1n) is 9.29. The molecule has 4 heteroatoms. The van der Waals surface area contributed by atoms with Gasteiger partial charge in [0.05, 0.1) is 6.61 Å². The van der Waals surface area contributed by atoms with Crippen LogP contribution in [-0.4, -0.2) is 31.3 Å². The van der Waals surface area contributed by atoms with Gasteiger partial charge in [-0.25, -0.2) is 4.79 Å². The number of ether oxygens (including phenoxy) is 2. The van der Waals surface area contributed by atoms with Crippen LogP contribution in [0.3, 0.4) is 0 Å². The summed E-state index contributed by atoms with van der Waals surface area (Å²) in [5, 5.41) is 3.40. The summed E-state index contributed by atoms with van der Waals surface area (Å²) in [6.45, 7) is 10.4. The molecule has 1 rings (SSSR count). The van der Waals surface area contributed by atoms with Crippen molar-refractivity contribution in [2.75, 3.05) is 19.8 Å². The largest absolute Gasteiger partial charge is 0.494 e. The predicted octanol–water partition coefficient (Wildman–Crippen LogP) is 4.59. The van der Waals surface area contributed by atoms with Crippen LogP contribution >= 0.6 is 0 Å². The molecule has 0 radical (unpaired) electrons. The number of benzene rings is 1. The van der Waals surface area contributed by atoms with Crippen LogP contribution in [0.25, 0.3) is 6.08 Å². The highest BCUT2D eigenvalue weighted by Gasteiger charge is 2.18. The average molecular weight is 347 g/mol. The van der Waals surface area contributed by atoms with Crippen molar-refractivity contribution >= 4 is 12.0 Å².